The van der Waals surface area contributed by atoms with Gasteiger partial charge in [0.25, 0.3) is 0 Å². The van der Waals surface area contributed by atoms with Crippen molar-refractivity contribution >= 4 is 11.4 Å². The summed E-state index contributed by atoms with van der Waals surface area (Å²) in [5, 5.41) is 2.89. The van der Waals surface area contributed by atoms with Gasteiger partial charge in [-0.3, -0.25) is 0 Å². The van der Waals surface area contributed by atoms with Crippen LogP contribution in [-0.4, -0.2) is 26.4 Å². The molecular weight excluding hydrogens is 273 g/mol. The van der Waals surface area contributed by atoms with Crippen LogP contribution in [0.25, 0.3) is 0 Å². The third-order valence-corrected chi connectivity index (χ3v) is 2.52. The highest BCUT2D eigenvalue weighted by Gasteiger charge is 2.13. The van der Waals surface area contributed by atoms with Gasteiger partial charge in [-0.15, -0.1) is 0 Å². The van der Waals surface area contributed by atoms with E-state index in [2.05, 4.69) is 17.0 Å². The summed E-state index contributed by atoms with van der Waals surface area (Å²) in [5.74, 6) is -1.46. The lowest BCUT2D eigenvalue weighted by Gasteiger charge is -2.13. The Morgan fingerprint density at radius 3 is 2.70 bits per heavy atom. The first-order chi connectivity index (χ1) is 9.54. The van der Waals surface area contributed by atoms with E-state index < -0.39 is 18.2 Å². The van der Waals surface area contributed by atoms with Crippen LogP contribution in [0.1, 0.15) is 19.8 Å². The molecule has 0 aromatic heterocycles. The number of nitrogen functional groups attached to an aromatic ring is 1. The second-order valence-corrected chi connectivity index (χ2v) is 4.14. The number of hydrogen-bond acceptors (Lipinski definition) is 4. The second-order valence-electron chi connectivity index (χ2n) is 4.14. The minimum absolute atomic E-state index is 0.123. The second kappa shape index (κ2) is 8.52. The number of alkyl halides is 2. The fourth-order valence-corrected chi connectivity index (χ4v) is 1.51. The Kier molecular flexibility index (Phi) is 7.00. The van der Waals surface area contributed by atoms with Gasteiger partial charge in [0.05, 0.1) is 18.0 Å². The van der Waals surface area contributed by atoms with Gasteiger partial charge < -0.3 is 20.5 Å². The average Bonchev–Trinajstić information content (AvgIpc) is 2.38. The number of anilines is 2. The Bertz CT molecular complexity index is 417. The van der Waals surface area contributed by atoms with Gasteiger partial charge >= 0.3 is 6.61 Å². The quantitative estimate of drug-likeness (QED) is 0.542. The number of hydrogen-bond donors (Lipinski definition) is 2. The summed E-state index contributed by atoms with van der Waals surface area (Å²) in [6.45, 7) is 0.524. The van der Waals surface area contributed by atoms with E-state index in [-0.39, 0.29) is 5.69 Å². The molecule has 0 bridgehead atoms. The molecule has 1 aromatic carbocycles. The third kappa shape index (κ3) is 5.56. The molecule has 0 spiro atoms. The van der Waals surface area contributed by atoms with Gasteiger partial charge in [0.2, 0.25) is 0 Å². The van der Waals surface area contributed by atoms with Crippen molar-refractivity contribution in [3.8, 4) is 5.75 Å². The monoisotopic (exact) mass is 292 g/mol. The van der Waals surface area contributed by atoms with Crippen LogP contribution >= 0.6 is 0 Å². The zero-order chi connectivity index (χ0) is 15.0. The first kappa shape index (κ1) is 16.4. The highest BCUT2D eigenvalue weighted by molar-refractivity contribution is 5.68. The van der Waals surface area contributed by atoms with Gasteiger partial charge in [0.15, 0.2) is 11.6 Å². The predicted molar refractivity (Wildman–Crippen MR) is 71.7 cm³/mol. The van der Waals surface area contributed by atoms with Crippen molar-refractivity contribution in [2.75, 3.05) is 30.8 Å². The van der Waals surface area contributed by atoms with Crippen LogP contribution in [0.5, 0.6) is 5.75 Å². The standard InChI is InChI=1S/C13H19F3N2O2/c1-2-3-5-19-6-4-18-11-8-12(20-13(15)16)9(14)7-10(11)17/h7-8,13,18H,2-6,17H2,1H3. The molecule has 0 radical (unpaired) electrons. The molecular formula is C13H19F3N2O2. The van der Waals surface area contributed by atoms with Crippen LogP contribution in [0.4, 0.5) is 24.5 Å². The molecule has 0 heterocycles. The molecule has 0 aliphatic rings. The summed E-state index contributed by atoms with van der Waals surface area (Å²) in [6.07, 6.45) is 2.03. The molecule has 0 aliphatic heterocycles. The van der Waals surface area contributed by atoms with Crippen LogP contribution in [0, 0.1) is 5.82 Å². The van der Waals surface area contributed by atoms with E-state index in [4.69, 9.17) is 10.5 Å². The van der Waals surface area contributed by atoms with Gasteiger partial charge in [0, 0.05) is 25.3 Å². The Labute approximate surface area is 116 Å². The number of nitrogens with two attached hydrogens (primary N) is 1. The van der Waals surface area contributed by atoms with Crippen molar-refractivity contribution in [3.63, 3.8) is 0 Å². The summed E-state index contributed by atoms with van der Waals surface area (Å²) in [4.78, 5) is 0. The summed E-state index contributed by atoms with van der Waals surface area (Å²) >= 11 is 0. The van der Waals surface area contributed by atoms with Crippen molar-refractivity contribution in [2.45, 2.75) is 26.4 Å². The SMILES string of the molecule is CCCCOCCNc1cc(OC(F)F)c(F)cc1N. The summed E-state index contributed by atoms with van der Waals surface area (Å²) < 4.78 is 46.9. The smallest absolute Gasteiger partial charge is 0.387 e. The van der Waals surface area contributed by atoms with Crippen molar-refractivity contribution in [3.05, 3.63) is 17.9 Å². The Balaban J connectivity index is 2.52. The van der Waals surface area contributed by atoms with Crippen LogP contribution in [-0.2, 0) is 4.74 Å². The van der Waals surface area contributed by atoms with E-state index in [1.54, 1.807) is 0 Å². The molecule has 1 rings (SSSR count). The largest absolute Gasteiger partial charge is 0.432 e. The van der Waals surface area contributed by atoms with E-state index >= 15 is 0 Å². The fourth-order valence-electron chi connectivity index (χ4n) is 1.51. The molecule has 4 nitrogen and oxygen atoms in total. The zero-order valence-corrected chi connectivity index (χ0v) is 11.3. The number of unbranched alkanes of at least 4 members (excludes halogenated alkanes) is 1. The molecule has 3 N–H and O–H groups in total. The molecule has 0 saturated heterocycles. The molecule has 0 amide bonds. The van der Waals surface area contributed by atoms with E-state index in [1.165, 1.54) is 0 Å². The van der Waals surface area contributed by atoms with Crippen molar-refractivity contribution in [1.82, 2.24) is 0 Å². The summed E-state index contributed by atoms with van der Waals surface area (Å²) in [5.41, 5.74) is 6.05. The molecule has 20 heavy (non-hydrogen) atoms. The van der Waals surface area contributed by atoms with Crippen LogP contribution in [0.2, 0.25) is 0 Å². The molecule has 0 atom stereocenters. The van der Waals surface area contributed by atoms with Crippen LogP contribution in [0.15, 0.2) is 12.1 Å². The molecule has 0 fully saturated rings. The average molecular weight is 292 g/mol. The van der Waals surface area contributed by atoms with Crippen molar-refractivity contribution < 1.29 is 22.6 Å². The third-order valence-electron chi connectivity index (χ3n) is 2.52. The van der Waals surface area contributed by atoms with Gasteiger partial charge in [-0.2, -0.15) is 8.78 Å². The lowest BCUT2D eigenvalue weighted by Crippen LogP contribution is -2.12. The van der Waals surface area contributed by atoms with Crippen molar-refractivity contribution in [2.24, 2.45) is 0 Å². The maximum absolute atomic E-state index is 13.3. The molecule has 0 unspecified atom stereocenters. The van der Waals surface area contributed by atoms with Gasteiger partial charge in [-0.25, -0.2) is 4.39 Å². The first-order valence-electron chi connectivity index (χ1n) is 6.40. The molecule has 114 valence electrons. The molecule has 0 aliphatic carbocycles. The predicted octanol–water partition coefficient (Wildman–Crippen LogP) is 3.24. The number of rotatable bonds is 9. The van der Waals surface area contributed by atoms with Gasteiger partial charge in [-0.05, 0) is 6.42 Å². The molecule has 1 aromatic rings. The number of ether oxygens (including phenoxy) is 2. The van der Waals surface area contributed by atoms with E-state index in [1.807, 2.05) is 0 Å². The Morgan fingerprint density at radius 2 is 2.05 bits per heavy atom. The number of benzene rings is 1. The van der Waals surface area contributed by atoms with Gasteiger partial charge in [-0.1, -0.05) is 13.3 Å². The minimum Gasteiger partial charge on any atom is -0.432 e. The normalized spacial score (nSPS) is 10.8. The van der Waals surface area contributed by atoms with Crippen LogP contribution in [0.3, 0.4) is 0 Å². The molecule has 7 heteroatoms. The first-order valence-corrected chi connectivity index (χ1v) is 6.40. The molecule has 0 saturated carbocycles. The lowest BCUT2D eigenvalue weighted by molar-refractivity contribution is -0.0521. The van der Waals surface area contributed by atoms with E-state index in [9.17, 15) is 13.2 Å². The maximum Gasteiger partial charge on any atom is 0.387 e. The number of nitrogens with one attached hydrogen (secondary N) is 1. The topological polar surface area (TPSA) is 56.5 Å². The lowest BCUT2D eigenvalue weighted by atomic mass is 10.2. The summed E-state index contributed by atoms with van der Waals surface area (Å²) in [6, 6.07) is 2.06. The number of halogens is 3. The maximum atomic E-state index is 13.3. The minimum atomic E-state index is -3.08. The fraction of sp³-hybridized carbons (Fsp3) is 0.538. The van der Waals surface area contributed by atoms with E-state index in [0.717, 1.165) is 25.0 Å². The Morgan fingerprint density at radius 1 is 1.30 bits per heavy atom. The zero-order valence-electron chi connectivity index (χ0n) is 11.3. The highest BCUT2D eigenvalue weighted by Crippen LogP contribution is 2.29. The van der Waals surface area contributed by atoms with Gasteiger partial charge in [0.1, 0.15) is 0 Å². The highest BCUT2D eigenvalue weighted by atomic mass is 19.3. The van der Waals surface area contributed by atoms with Crippen molar-refractivity contribution in [1.29, 1.82) is 0 Å². The Hall–Kier alpha value is -1.63. The van der Waals surface area contributed by atoms with Crippen LogP contribution < -0.4 is 15.8 Å². The van der Waals surface area contributed by atoms with E-state index in [0.29, 0.717) is 25.4 Å². The summed E-state index contributed by atoms with van der Waals surface area (Å²) in [7, 11) is 0.